The van der Waals surface area contributed by atoms with Crippen LogP contribution in [0.3, 0.4) is 0 Å². The van der Waals surface area contributed by atoms with E-state index in [0.29, 0.717) is 6.04 Å². The van der Waals surface area contributed by atoms with Gasteiger partial charge in [-0.05, 0) is 25.5 Å². The Labute approximate surface area is 172 Å². The number of likely N-dealkylation sites (tertiary alicyclic amines) is 1. The molecule has 0 aliphatic carbocycles. The molecule has 152 valence electrons. The van der Waals surface area contributed by atoms with Gasteiger partial charge in [0, 0.05) is 44.0 Å². The molecule has 1 atom stereocenters. The third-order valence-electron chi connectivity index (χ3n) is 6.62. The highest BCUT2D eigenvalue weighted by Crippen LogP contribution is 2.52. The number of benzene rings is 2. The standard InChI is InChI=1S/C24H29N3O2/c1-17(2)26-14-12-24(13-15-26)27-21(16-20(25-27)18-8-5-4-6-9-18)19-10-7-11-22(28-3)23(19)29-24/h4-11,17,21H,12-16H2,1-3H3. The lowest BCUT2D eigenvalue weighted by Crippen LogP contribution is -2.59. The third kappa shape index (κ3) is 2.99. The Morgan fingerprint density at radius 1 is 1.07 bits per heavy atom. The largest absolute Gasteiger partial charge is 0.493 e. The molecule has 3 aliphatic rings. The van der Waals surface area contributed by atoms with E-state index in [0.717, 1.165) is 49.6 Å². The number of methoxy groups -OCH3 is 1. The topological polar surface area (TPSA) is 37.3 Å². The first kappa shape index (κ1) is 18.5. The molecular formula is C24H29N3O2. The Morgan fingerprint density at radius 3 is 2.52 bits per heavy atom. The summed E-state index contributed by atoms with van der Waals surface area (Å²) in [4.78, 5) is 2.53. The van der Waals surface area contributed by atoms with Crippen LogP contribution >= 0.6 is 0 Å². The molecule has 0 saturated carbocycles. The van der Waals surface area contributed by atoms with Crippen LogP contribution in [-0.2, 0) is 0 Å². The highest BCUT2D eigenvalue weighted by molar-refractivity contribution is 6.02. The molecule has 1 saturated heterocycles. The van der Waals surface area contributed by atoms with Gasteiger partial charge in [0.15, 0.2) is 11.5 Å². The third-order valence-corrected chi connectivity index (χ3v) is 6.62. The molecular weight excluding hydrogens is 362 g/mol. The van der Waals surface area contributed by atoms with Crippen molar-refractivity contribution in [2.45, 2.75) is 50.9 Å². The average molecular weight is 392 g/mol. The summed E-state index contributed by atoms with van der Waals surface area (Å²) in [7, 11) is 1.72. The molecule has 1 spiro atoms. The Bertz CT molecular complexity index is 917. The second-order valence-electron chi connectivity index (χ2n) is 8.53. The fourth-order valence-corrected chi connectivity index (χ4v) is 4.96. The predicted octanol–water partition coefficient (Wildman–Crippen LogP) is 4.44. The number of fused-ring (bicyclic) bond motifs is 4. The second kappa shape index (κ2) is 7.06. The second-order valence-corrected chi connectivity index (χ2v) is 8.53. The van der Waals surface area contributed by atoms with Crippen LogP contribution in [0, 0.1) is 0 Å². The molecule has 2 aromatic carbocycles. The maximum Gasteiger partial charge on any atom is 0.200 e. The van der Waals surface area contributed by atoms with Crippen LogP contribution in [0.5, 0.6) is 11.5 Å². The predicted molar refractivity (Wildman–Crippen MR) is 114 cm³/mol. The molecule has 5 nitrogen and oxygen atoms in total. The first-order valence-electron chi connectivity index (χ1n) is 10.6. The summed E-state index contributed by atoms with van der Waals surface area (Å²) in [6.07, 6.45) is 2.76. The summed E-state index contributed by atoms with van der Waals surface area (Å²) in [6.45, 7) is 6.56. The molecule has 3 aliphatic heterocycles. The van der Waals surface area contributed by atoms with Gasteiger partial charge in [0.1, 0.15) is 0 Å². The number of hydrazone groups is 1. The van der Waals surface area contributed by atoms with Gasteiger partial charge in [-0.25, -0.2) is 5.01 Å². The molecule has 3 heterocycles. The van der Waals surface area contributed by atoms with Gasteiger partial charge in [-0.15, -0.1) is 0 Å². The Kier molecular flexibility index (Phi) is 4.50. The highest BCUT2D eigenvalue weighted by atomic mass is 16.5. The van der Waals surface area contributed by atoms with E-state index in [-0.39, 0.29) is 6.04 Å². The maximum absolute atomic E-state index is 6.78. The quantitative estimate of drug-likeness (QED) is 0.775. The van der Waals surface area contributed by atoms with Crippen molar-refractivity contribution in [2.75, 3.05) is 20.2 Å². The normalized spacial score (nSPS) is 22.8. The Balaban J connectivity index is 1.57. The minimum absolute atomic E-state index is 0.189. The van der Waals surface area contributed by atoms with Crippen molar-refractivity contribution in [1.82, 2.24) is 9.91 Å². The lowest BCUT2D eigenvalue weighted by Gasteiger charge is -2.51. The van der Waals surface area contributed by atoms with Gasteiger partial charge in [0.25, 0.3) is 0 Å². The number of para-hydroxylation sites is 1. The number of ether oxygens (including phenoxy) is 2. The monoisotopic (exact) mass is 391 g/mol. The first-order chi connectivity index (χ1) is 14.1. The summed E-state index contributed by atoms with van der Waals surface area (Å²) >= 11 is 0. The molecule has 0 N–H and O–H groups in total. The van der Waals surface area contributed by atoms with Gasteiger partial charge in [-0.2, -0.15) is 5.10 Å². The van der Waals surface area contributed by atoms with Crippen molar-refractivity contribution in [3.63, 3.8) is 0 Å². The number of piperidine rings is 1. The molecule has 0 aromatic heterocycles. The fraction of sp³-hybridized carbons (Fsp3) is 0.458. The highest BCUT2D eigenvalue weighted by Gasteiger charge is 2.52. The van der Waals surface area contributed by atoms with Crippen molar-refractivity contribution in [3.05, 3.63) is 59.7 Å². The van der Waals surface area contributed by atoms with Crippen molar-refractivity contribution >= 4 is 5.71 Å². The molecule has 1 unspecified atom stereocenters. The Hall–Kier alpha value is -2.53. The molecule has 2 aromatic rings. The average Bonchev–Trinajstić information content (AvgIpc) is 3.21. The molecule has 0 amide bonds. The summed E-state index contributed by atoms with van der Waals surface area (Å²) in [5.74, 6) is 1.72. The minimum Gasteiger partial charge on any atom is -0.493 e. The van der Waals surface area contributed by atoms with Gasteiger partial charge in [-0.1, -0.05) is 42.5 Å². The van der Waals surface area contributed by atoms with E-state index >= 15 is 0 Å². The maximum atomic E-state index is 6.78. The number of hydrogen-bond donors (Lipinski definition) is 0. The smallest absolute Gasteiger partial charge is 0.200 e. The molecule has 1 fully saturated rings. The molecule has 0 bridgehead atoms. The fourth-order valence-electron chi connectivity index (χ4n) is 4.96. The lowest BCUT2D eigenvalue weighted by molar-refractivity contribution is -0.153. The van der Waals surface area contributed by atoms with Crippen LogP contribution in [0.4, 0.5) is 0 Å². The van der Waals surface area contributed by atoms with E-state index in [1.54, 1.807) is 7.11 Å². The van der Waals surface area contributed by atoms with E-state index in [2.05, 4.69) is 66.2 Å². The van der Waals surface area contributed by atoms with E-state index in [1.165, 1.54) is 11.1 Å². The van der Waals surface area contributed by atoms with Gasteiger partial charge < -0.3 is 14.4 Å². The van der Waals surface area contributed by atoms with Crippen molar-refractivity contribution < 1.29 is 9.47 Å². The molecule has 29 heavy (non-hydrogen) atoms. The lowest BCUT2D eigenvalue weighted by atomic mass is 9.90. The van der Waals surface area contributed by atoms with Crippen molar-refractivity contribution in [3.8, 4) is 11.5 Å². The molecule has 5 heteroatoms. The summed E-state index contributed by atoms with van der Waals surface area (Å²) in [6, 6.07) is 17.5. The van der Waals surface area contributed by atoms with Gasteiger partial charge >= 0.3 is 0 Å². The SMILES string of the molecule is COc1cccc2c1OC1(CCN(C(C)C)CC1)N1N=C(c3ccccc3)CC21. The molecule has 5 rings (SSSR count). The number of nitrogens with zero attached hydrogens (tertiary/aromatic N) is 3. The summed E-state index contributed by atoms with van der Waals surface area (Å²) in [5, 5.41) is 7.42. The van der Waals surface area contributed by atoms with Crippen LogP contribution in [0.15, 0.2) is 53.6 Å². The zero-order valence-electron chi connectivity index (χ0n) is 17.5. The van der Waals surface area contributed by atoms with Crippen LogP contribution in [0.1, 0.15) is 50.3 Å². The van der Waals surface area contributed by atoms with Crippen molar-refractivity contribution in [2.24, 2.45) is 5.10 Å². The van der Waals surface area contributed by atoms with Gasteiger partial charge in [0.05, 0.1) is 18.9 Å². The zero-order valence-corrected chi connectivity index (χ0v) is 17.5. The molecule has 0 radical (unpaired) electrons. The van der Waals surface area contributed by atoms with E-state index in [4.69, 9.17) is 14.6 Å². The van der Waals surface area contributed by atoms with Gasteiger partial charge in [0.2, 0.25) is 5.72 Å². The van der Waals surface area contributed by atoms with Crippen molar-refractivity contribution in [1.29, 1.82) is 0 Å². The van der Waals surface area contributed by atoms with Crippen LogP contribution in [0.25, 0.3) is 0 Å². The number of rotatable bonds is 3. The van der Waals surface area contributed by atoms with E-state index in [1.807, 2.05) is 6.07 Å². The first-order valence-corrected chi connectivity index (χ1v) is 10.6. The summed E-state index contributed by atoms with van der Waals surface area (Å²) in [5.41, 5.74) is 3.10. The van der Waals surface area contributed by atoms with E-state index in [9.17, 15) is 0 Å². The zero-order chi connectivity index (χ0) is 20.0. The van der Waals surface area contributed by atoms with Crippen LogP contribution in [0.2, 0.25) is 0 Å². The van der Waals surface area contributed by atoms with Gasteiger partial charge in [-0.3, -0.25) is 0 Å². The summed E-state index contributed by atoms with van der Waals surface area (Å²) < 4.78 is 12.5. The Morgan fingerprint density at radius 2 is 1.83 bits per heavy atom. The minimum atomic E-state index is -0.409. The number of hydrogen-bond acceptors (Lipinski definition) is 5. The van der Waals surface area contributed by atoms with Crippen LogP contribution in [-0.4, -0.2) is 47.6 Å². The van der Waals surface area contributed by atoms with E-state index < -0.39 is 5.72 Å². The van der Waals surface area contributed by atoms with Crippen LogP contribution < -0.4 is 9.47 Å².